The predicted octanol–water partition coefficient (Wildman–Crippen LogP) is 3.15. The van der Waals surface area contributed by atoms with Crippen LogP contribution in [0.3, 0.4) is 0 Å². The molecule has 29 heavy (non-hydrogen) atoms. The van der Waals surface area contributed by atoms with Gasteiger partial charge in [-0.2, -0.15) is 0 Å². The molecule has 3 amide bonds. The molecule has 0 bridgehead atoms. The average molecular weight is 398 g/mol. The van der Waals surface area contributed by atoms with E-state index in [0.717, 1.165) is 0 Å². The number of hydrogen-bond donors (Lipinski definition) is 2. The first kappa shape index (κ1) is 21.5. The van der Waals surface area contributed by atoms with Crippen LogP contribution in [0.5, 0.6) is 11.5 Å². The van der Waals surface area contributed by atoms with Crippen molar-refractivity contribution in [2.75, 3.05) is 19.0 Å². The molecule has 0 saturated heterocycles. The number of ether oxygens (including phenoxy) is 3. The maximum atomic E-state index is 12.3. The van der Waals surface area contributed by atoms with E-state index in [-0.39, 0.29) is 12.2 Å². The third-order valence-corrected chi connectivity index (χ3v) is 3.68. The van der Waals surface area contributed by atoms with Gasteiger partial charge >= 0.3 is 12.0 Å². The fraction of sp³-hybridized carbons (Fsp3) is 0.190. The van der Waals surface area contributed by atoms with Crippen LogP contribution in [0.1, 0.15) is 17.3 Å². The number of imide groups is 1. The zero-order chi connectivity index (χ0) is 21.2. The fourth-order valence-electron chi connectivity index (χ4n) is 2.24. The summed E-state index contributed by atoms with van der Waals surface area (Å²) >= 11 is 0. The van der Waals surface area contributed by atoms with Crippen LogP contribution < -0.4 is 20.1 Å². The van der Waals surface area contributed by atoms with E-state index in [1.807, 2.05) is 0 Å². The van der Waals surface area contributed by atoms with Crippen LogP contribution in [0.15, 0.2) is 61.2 Å². The largest absolute Gasteiger partial charge is 0.493 e. The van der Waals surface area contributed by atoms with Gasteiger partial charge in [0, 0.05) is 5.69 Å². The van der Waals surface area contributed by atoms with Gasteiger partial charge in [0.2, 0.25) is 0 Å². The zero-order valence-electron chi connectivity index (χ0n) is 16.1. The summed E-state index contributed by atoms with van der Waals surface area (Å²) in [5.41, 5.74) is 0.689. The van der Waals surface area contributed by atoms with Crippen molar-refractivity contribution in [1.82, 2.24) is 5.32 Å². The van der Waals surface area contributed by atoms with Gasteiger partial charge in [-0.3, -0.25) is 10.1 Å². The highest BCUT2D eigenvalue weighted by Gasteiger charge is 2.21. The second kappa shape index (κ2) is 10.5. The Morgan fingerprint density at radius 3 is 2.48 bits per heavy atom. The van der Waals surface area contributed by atoms with E-state index in [9.17, 15) is 14.4 Å². The summed E-state index contributed by atoms with van der Waals surface area (Å²) < 4.78 is 15.7. The average Bonchev–Trinajstić information content (AvgIpc) is 2.72. The minimum absolute atomic E-state index is 0.168. The van der Waals surface area contributed by atoms with E-state index in [1.165, 1.54) is 26.2 Å². The molecule has 2 aromatic carbocycles. The predicted molar refractivity (Wildman–Crippen MR) is 107 cm³/mol. The highest BCUT2D eigenvalue weighted by Crippen LogP contribution is 2.28. The standard InChI is InChI=1S/C21H22N2O6/c1-4-12-28-17-11-10-15(13-18(17)27-3)20(25)29-14(2)19(24)23-21(26)22-16-8-6-5-7-9-16/h4-11,13-14H,1,12H2,2-3H3,(H2,22,23,24,26). The Morgan fingerprint density at radius 2 is 1.83 bits per heavy atom. The first-order chi connectivity index (χ1) is 13.9. The number of urea groups is 1. The van der Waals surface area contributed by atoms with Gasteiger partial charge < -0.3 is 19.5 Å². The lowest BCUT2D eigenvalue weighted by Crippen LogP contribution is -2.41. The van der Waals surface area contributed by atoms with Gasteiger partial charge in [0.05, 0.1) is 12.7 Å². The number of benzene rings is 2. The number of esters is 1. The lowest BCUT2D eigenvalue weighted by atomic mass is 10.2. The topological polar surface area (TPSA) is 103 Å². The summed E-state index contributed by atoms with van der Waals surface area (Å²) in [7, 11) is 1.44. The molecule has 1 unspecified atom stereocenters. The summed E-state index contributed by atoms with van der Waals surface area (Å²) in [4.78, 5) is 36.3. The van der Waals surface area contributed by atoms with Gasteiger partial charge in [0.1, 0.15) is 6.61 Å². The Kier molecular flexibility index (Phi) is 7.78. The molecule has 0 saturated carbocycles. The number of carbonyl (C=O) groups is 3. The highest BCUT2D eigenvalue weighted by atomic mass is 16.5. The smallest absolute Gasteiger partial charge is 0.339 e. The van der Waals surface area contributed by atoms with E-state index in [4.69, 9.17) is 14.2 Å². The van der Waals surface area contributed by atoms with Crippen molar-refractivity contribution in [3.8, 4) is 11.5 Å². The van der Waals surface area contributed by atoms with Crippen molar-refractivity contribution in [3.63, 3.8) is 0 Å². The highest BCUT2D eigenvalue weighted by molar-refractivity contribution is 6.03. The second-order valence-electron chi connectivity index (χ2n) is 5.82. The van der Waals surface area contributed by atoms with Gasteiger partial charge in [-0.15, -0.1) is 0 Å². The molecule has 152 valence electrons. The van der Waals surface area contributed by atoms with Crippen molar-refractivity contribution < 1.29 is 28.6 Å². The number of para-hydroxylation sites is 1. The summed E-state index contributed by atoms with van der Waals surface area (Å²) in [6, 6.07) is 12.4. The SMILES string of the molecule is C=CCOc1ccc(C(=O)OC(C)C(=O)NC(=O)Nc2ccccc2)cc1OC. The Bertz CT molecular complexity index is 882. The summed E-state index contributed by atoms with van der Waals surface area (Å²) in [5, 5.41) is 4.62. The van der Waals surface area contributed by atoms with Crippen LogP contribution in [0.25, 0.3) is 0 Å². The van der Waals surface area contributed by atoms with Crippen LogP contribution in [0.4, 0.5) is 10.5 Å². The minimum Gasteiger partial charge on any atom is -0.493 e. The van der Waals surface area contributed by atoms with E-state index in [0.29, 0.717) is 17.2 Å². The minimum atomic E-state index is -1.19. The van der Waals surface area contributed by atoms with E-state index in [1.54, 1.807) is 42.5 Å². The number of nitrogens with one attached hydrogen (secondary N) is 2. The van der Waals surface area contributed by atoms with Crippen LogP contribution >= 0.6 is 0 Å². The van der Waals surface area contributed by atoms with Crippen molar-refractivity contribution in [2.45, 2.75) is 13.0 Å². The first-order valence-corrected chi connectivity index (χ1v) is 8.74. The second-order valence-corrected chi connectivity index (χ2v) is 5.82. The lowest BCUT2D eigenvalue weighted by Gasteiger charge is -2.14. The van der Waals surface area contributed by atoms with Gasteiger partial charge in [-0.05, 0) is 37.3 Å². The van der Waals surface area contributed by atoms with Gasteiger partial charge in [-0.1, -0.05) is 30.9 Å². The normalized spacial score (nSPS) is 11.0. The van der Waals surface area contributed by atoms with Crippen LogP contribution in [0.2, 0.25) is 0 Å². The molecule has 2 N–H and O–H groups in total. The quantitative estimate of drug-likeness (QED) is 0.523. The van der Waals surface area contributed by atoms with E-state index in [2.05, 4.69) is 17.2 Å². The lowest BCUT2D eigenvalue weighted by molar-refractivity contribution is -0.127. The number of anilines is 1. The van der Waals surface area contributed by atoms with E-state index >= 15 is 0 Å². The monoisotopic (exact) mass is 398 g/mol. The third kappa shape index (κ3) is 6.39. The zero-order valence-corrected chi connectivity index (χ0v) is 16.1. The summed E-state index contributed by atoms with van der Waals surface area (Å²) in [6.07, 6.45) is 0.391. The molecule has 0 aromatic heterocycles. The number of amides is 3. The van der Waals surface area contributed by atoms with Crippen molar-refractivity contribution >= 4 is 23.6 Å². The van der Waals surface area contributed by atoms with E-state index < -0.39 is 24.0 Å². The Hall–Kier alpha value is -3.81. The maximum Gasteiger partial charge on any atom is 0.339 e. The van der Waals surface area contributed by atoms with Gasteiger partial charge in [0.25, 0.3) is 5.91 Å². The summed E-state index contributed by atoms with van der Waals surface area (Å²) in [5.74, 6) is -0.734. The van der Waals surface area contributed by atoms with Crippen molar-refractivity contribution in [3.05, 3.63) is 66.7 Å². The molecule has 0 aliphatic heterocycles. The maximum absolute atomic E-state index is 12.3. The molecule has 1 atom stereocenters. The number of methoxy groups -OCH3 is 1. The van der Waals surface area contributed by atoms with Crippen LogP contribution in [-0.4, -0.2) is 37.7 Å². The third-order valence-electron chi connectivity index (χ3n) is 3.68. The fourth-order valence-corrected chi connectivity index (χ4v) is 2.24. The van der Waals surface area contributed by atoms with Gasteiger partial charge in [-0.25, -0.2) is 9.59 Å². The molecule has 0 aliphatic rings. The molecule has 0 radical (unpaired) electrons. The molecule has 2 rings (SSSR count). The molecular weight excluding hydrogens is 376 g/mol. The van der Waals surface area contributed by atoms with Crippen molar-refractivity contribution in [2.24, 2.45) is 0 Å². The Balaban J connectivity index is 1.94. The van der Waals surface area contributed by atoms with Crippen LogP contribution in [-0.2, 0) is 9.53 Å². The Labute approximate surface area is 168 Å². The van der Waals surface area contributed by atoms with Crippen molar-refractivity contribution in [1.29, 1.82) is 0 Å². The molecule has 2 aromatic rings. The van der Waals surface area contributed by atoms with Crippen LogP contribution in [0, 0.1) is 0 Å². The molecule has 8 heteroatoms. The molecule has 0 spiro atoms. The number of carbonyl (C=O) groups excluding carboxylic acids is 3. The number of hydrogen-bond acceptors (Lipinski definition) is 6. The first-order valence-electron chi connectivity index (χ1n) is 8.74. The molecular formula is C21H22N2O6. The molecule has 8 nitrogen and oxygen atoms in total. The summed E-state index contributed by atoms with van der Waals surface area (Å²) in [6.45, 7) is 5.21. The molecule has 0 fully saturated rings. The molecule has 0 heterocycles. The van der Waals surface area contributed by atoms with Gasteiger partial charge in [0.15, 0.2) is 17.6 Å². The Morgan fingerprint density at radius 1 is 1.10 bits per heavy atom. The number of rotatable bonds is 8. The molecule has 0 aliphatic carbocycles.